The van der Waals surface area contributed by atoms with Crippen LogP contribution in [0.4, 0.5) is 0 Å². The lowest BCUT2D eigenvalue weighted by molar-refractivity contribution is 0.794. The van der Waals surface area contributed by atoms with Gasteiger partial charge in [-0.05, 0) is 268 Å². The summed E-state index contributed by atoms with van der Waals surface area (Å²) in [7, 11) is 0. The first-order chi connectivity index (χ1) is 59.9. The molecule has 0 amide bonds. The van der Waals surface area contributed by atoms with Crippen molar-refractivity contribution in [3.8, 4) is 201 Å². The predicted molar refractivity (Wildman–Crippen MR) is 503 cm³/mol. The maximum atomic E-state index is 5.41. The van der Waals surface area contributed by atoms with Gasteiger partial charge in [-0.3, -0.25) is 0 Å². The molecule has 1 aromatic heterocycles. The summed E-state index contributed by atoms with van der Waals surface area (Å²) in [5.74, 6) is 1.74. The lowest BCUT2D eigenvalue weighted by Gasteiger charge is -2.30. The third-order valence-electron chi connectivity index (χ3n) is 24.5. The van der Waals surface area contributed by atoms with Gasteiger partial charge in [0.2, 0.25) is 0 Å². The van der Waals surface area contributed by atoms with Gasteiger partial charge < -0.3 is 0 Å². The average molecular weight is 1540 g/mol. The van der Waals surface area contributed by atoms with Crippen LogP contribution in [0.5, 0.6) is 0 Å². The quantitative estimate of drug-likeness (QED) is 0.0968. The Morgan fingerprint density at radius 1 is 0.107 bits per heavy atom. The SMILES string of the molecule is c1ccc(-c2cccc(-c3cccc(-c4cccc(-c5ccc(-c6nc(-c7cccc(-c8cccc(-c9cccc(-c%10cccc(-c%11ccccc%11)c%10)c9)c8)c7)nc(-c7cccc(-c8cccc(-c9cccc(-c%10cccc(-c%11cccc(-c%12ccc%13c(c%12)C%12(c%14ccccc%14-c%14ccccc%14%12)c%12ccccc%12-%13)c%11)c%10)c9)c8)c7)n6)cc5)c4)c3)c2)cc1. The number of hydrogen-bond acceptors (Lipinski definition) is 3. The van der Waals surface area contributed by atoms with Crippen LogP contribution in [0.2, 0.25) is 0 Å². The molecular weight excluding hydrogens is 1460 g/mol. The summed E-state index contributed by atoms with van der Waals surface area (Å²) < 4.78 is 0. The van der Waals surface area contributed by atoms with Crippen LogP contribution in [0, 0.1) is 0 Å². The summed E-state index contributed by atoms with van der Waals surface area (Å²) >= 11 is 0. The van der Waals surface area contributed by atoms with Crippen molar-refractivity contribution in [1.29, 1.82) is 0 Å². The molecule has 0 saturated carbocycles. The molecule has 0 saturated heterocycles. The van der Waals surface area contributed by atoms with Gasteiger partial charge in [-0.1, -0.05) is 388 Å². The summed E-state index contributed by atoms with van der Waals surface area (Å²) in [5.41, 5.74) is 42.7. The molecule has 564 valence electrons. The zero-order valence-electron chi connectivity index (χ0n) is 66.3. The Bertz CT molecular complexity index is 7330. The molecule has 3 nitrogen and oxygen atoms in total. The van der Waals surface area contributed by atoms with Crippen molar-refractivity contribution in [3.63, 3.8) is 0 Å². The summed E-state index contributed by atoms with van der Waals surface area (Å²) in [5, 5.41) is 0. The number of rotatable bonds is 16. The number of aromatic nitrogens is 3. The molecule has 0 fully saturated rings. The Kier molecular flexibility index (Phi) is 18.2. The van der Waals surface area contributed by atoms with Crippen molar-refractivity contribution in [3.05, 3.63) is 489 Å². The van der Waals surface area contributed by atoms with E-state index in [9.17, 15) is 0 Å². The van der Waals surface area contributed by atoms with Gasteiger partial charge in [0.05, 0.1) is 5.41 Å². The summed E-state index contributed by atoms with van der Waals surface area (Å²) in [6.45, 7) is 0. The third-order valence-corrected chi connectivity index (χ3v) is 24.5. The summed E-state index contributed by atoms with van der Waals surface area (Å²) in [4.78, 5) is 16.2. The molecule has 121 heavy (non-hydrogen) atoms. The second-order valence-electron chi connectivity index (χ2n) is 31.7. The average Bonchev–Trinajstić information content (AvgIpc) is 1.51. The van der Waals surface area contributed by atoms with E-state index in [4.69, 9.17) is 15.0 Å². The van der Waals surface area contributed by atoms with E-state index in [1.165, 1.54) is 111 Å². The highest BCUT2D eigenvalue weighted by Crippen LogP contribution is 2.63. The summed E-state index contributed by atoms with van der Waals surface area (Å²) in [6.07, 6.45) is 0. The van der Waals surface area contributed by atoms with Crippen LogP contribution in [-0.2, 0) is 5.41 Å². The van der Waals surface area contributed by atoms with Crippen molar-refractivity contribution in [2.24, 2.45) is 0 Å². The normalized spacial score (nSPS) is 12.0. The topological polar surface area (TPSA) is 38.7 Å². The van der Waals surface area contributed by atoms with Gasteiger partial charge in [-0.2, -0.15) is 0 Å². The van der Waals surface area contributed by atoms with E-state index in [1.807, 2.05) is 0 Å². The first-order valence-electron chi connectivity index (χ1n) is 41.6. The van der Waals surface area contributed by atoms with Gasteiger partial charge in [0.25, 0.3) is 0 Å². The van der Waals surface area contributed by atoms with Crippen LogP contribution in [0.25, 0.3) is 201 Å². The molecule has 0 aliphatic heterocycles. The fourth-order valence-corrected chi connectivity index (χ4v) is 18.6. The standard InChI is InChI=1S/C118H77N3/c1-3-25-78(26-4-1)82-29-13-32-85(65-82)88-35-16-37-90(68-88)87-34-15-31-84(67-87)80-59-61-81(62-60-80)115-119-116(105-51-23-49-102(75-105)99-46-20-43-96(72-99)91-38-17-36-89(69-91)86-33-14-30-83(66-86)79-27-5-2-6-28-79)121-117(120-115)106-52-24-50-103(76-106)100-47-21-44-97(73-100)94-41-18-39-92(70-94)93-40-19-42-95(71-93)98-45-22-48-101(74-98)104-63-64-110-109-55-9-12-58-113(109)118(114(110)77-104)111-56-10-7-53-107(111)108-54-8-11-57-112(108)118/h1-77H. The van der Waals surface area contributed by atoms with E-state index >= 15 is 0 Å². The van der Waals surface area contributed by atoms with E-state index in [-0.39, 0.29) is 0 Å². The van der Waals surface area contributed by atoms with Crippen LogP contribution in [-0.4, -0.2) is 15.0 Å². The smallest absolute Gasteiger partial charge is 0.164 e. The maximum absolute atomic E-state index is 5.41. The second kappa shape index (κ2) is 30.7. The van der Waals surface area contributed by atoms with Gasteiger partial charge in [-0.15, -0.1) is 0 Å². The lowest BCUT2D eigenvalue weighted by atomic mass is 9.70. The number of fused-ring (bicyclic) bond motifs is 10. The Labute approximate surface area is 706 Å². The number of nitrogens with zero attached hydrogens (tertiary/aromatic N) is 3. The molecule has 20 aromatic rings. The Hall–Kier alpha value is -15.8. The van der Waals surface area contributed by atoms with Gasteiger partial charge in [-0.25, -0.2) is 15.0 Å². The molecule has 3 heteroatoms. The van der Waals surface area contributed by atoms with E-state index in [0.717, 1.165) is 94.6 Å². The molecule has 1 spiro atoms. The van der Waals surface area contributed by atoms with E-state index in [0.29, 0.717) is 17.5 Å². The molecule has 2 aliphatic rings. The van der Waals surface area contributed by atoms with E-state index < -0.39 is 5.41 Å². The zero-order valence-corrected chi connectivity index (χ0v) is 66.3. The first-order valence-corrected chi connectivity index (χ1v) is 41.6. The van der Waals surface area contributed by atoms with Crippen molar-refractivity contribution in [2.45, 2.75) is 5.41 Å². The fraction of sp³-hybridized carbons (Fsp3) is 0.00847. The number of benzene rings is 19. The largest absolute Gasteiger partial charge is 0.208 e. The zero-order chi connectivity index (χ0) is 80.2. The minimum atomic E-state index is -0.405. The summed E-state index contributed by atoms with van der Waals surface area (Å²) in [6, 6.07) is 170. The maximum Gasteiger partial charge on any atom is 0.164 e. The molecule has 0 bridgehead atoms. The minimum absolute atomic E-state index is 0.405. The van der Waals surface area contributed by atoms with E-state index in [2.05, 4.69) is 467 Å². The monoisotopic (exact) mass is 1540 g/mol. The molecule has 0 atom stereocenters. The lowest BCUT2D eigenvalue weighted by Crippen LogP contribution is -2.25. The van der Waals surface area contributed by atoms with Gasteiger partial charge in [0.1, 0.15) is 0 Å². The Morgan fingerprint density at radius 2 is 0.273 bits per heavy atom. The van der Waals surface area contributed by atoms with Crippen LogP contribution >= 0.6 is 0 Å². The second-order valence-corrected chi connectivity index (χ2v) is 31.7. The van der Waals surface area contributed by atoms with Gasteiger partial charge in [0.15, 0.2) is 17.5 Å². The highest BCUT2D eigenvalue weighted by atomic mass is 15.0. The molecular formula is C118H77N3. The molecule has 2 aliphatic carbocycles. The first kappa shape index (κ1) is 71.7. The molecule has 0 N–H and O–H groups in total. The number of hydrogen-bond donors (Lipinski definition) is 0. The highest BCUT2D eigenvalue weighted by Gasteiger charge is 2.51. The van der Waals surface area contributed by atoms with Crippen LogP contribution in [0.3, 0.4) is 0 Å². The fourth-order valence-electron chi connectivity index (χ4n) is 18.6. The predicted octanol–water partition coefficient (Wildman–Crippen LogP) is 30.9. The minimum Gasteiger partial charge on any atom is -0.208 e. The molecule has 0 unspecified atom stereocenters. The van der Waals surface area contributed by atoms with Crippen LogP contribution in [0.15, 0.2) is 467 Å². The van der Waals surface area contributed by atoms with Crippen molar-refractivity contribution >= 4 is 0 Å². The Balaban J connectivity index is 0.568. The Morgan fingerprint density at radius 3 is 0.537 bits per heavy atom. The van der Waals surface area contributed by atoms with Crippen LogP contribution < -0.4 is 0 Å². The molecule has 19 aromatic carbocycles. The van der Waals surface area contributed by atoms with Crippen molar-refractivity contribution in [2.75, 3.05) is 0 Å². The molecule has 0 radical (unpaired) electrons. The van der Waals surface area contributed by atoms with Crippen molar-refractivity contribution < 1.29 is 0 Å². The van der Waals surface area contributed by atoms with Gasteiger partial charge >= 0.3 is 0 Å². The van der Waals surface area contributed by atoms with Gasteiger partial charge in [0, 0.05) is 16.7 Å². The molecule has 1 heterocycles. The van der Waals surface area contributed by atoms with Crippen molar-refractivity contribution in [1.82, 2.24) is 15.0 Å². The third kappa shape index (κ3) is 13.5. The molecule has 22 rings (SSSR count). The van der Waals surface area contributed by atoms with Crippen LogP contribution in [0.1, 0.15) is 22.3 Å². The highest BCUT2D eigenvalue weighted by molar-refractivity contribution is 5.97. The van der Waals surface area contributed by atoms with E-state index in [1.54, 1.807) is 0 Å².